The highest BCUT2D eigenvalue weighted by Gasteiger charge is 2.33. The van der Waals surface area contributed by atoms with E-state index in [1.165, 1.54) is 9.87 Å². The fraction of sp³-hybridized carbons (Fsp3) is 0.435. The second-order valence-corrected chi connectivity index (χ2v) is 11.0. The molecule has 1 saturated heterocycles. The Morgan fingerprint density at radius 1 is 1.19 bits per heavy atom. The number of sulfonamides is 1. The molecule has 0 bridgehead atoms. The van der Waals surface area contributed by atoms with E-state index in [0.717, 1.165) is 11.1 Å². The second-order valence-electron chi connectivity index (χ2n) is 8.24. The minimum atomic E-state index is -3.66. The van der Waals surface area contributed by atoms with Crippen LogP contribution in [-0.2, 0) is 20.6 Å². The number of rotatable bonds is 6. The van der Waals surface area contributed by atoms with Gasteiger partial charge in [-0.1, -0.05) is 53.0 Å². The van der Waals surface area contributed by atoms with Crippen LogP contribution in [0.2, 0.25) is 10.0 Å². The summed E-state index contributed by atoms with van der Waals surface area (Å²) >= 11 is 12.3. The summed E-state index contributed by atoms with van der Waals surface area (Å²) in [6, 6.07) is 10.9. The van der Waals surface area contributed by atoms with Crippen LogP contribution in [0.3, 0.4) is 0 Å². The number of piperidine rings is 1. The van der Waals surface area contributed by atoms with Gasteiger partial charge in [0.15, 0.2) is 0 Å². The van der Waals surface area contributed by atoms with Crippen molar-refractivity contribution >= 4 is 39.1 Å². The SMILES string of the molecule is Cc1ccc([C@H](C)NC(=O)[C@H]2CCCN(S(=O)(=O)Cc3c(Cl)cccc3Cl)C2)c(C)c1. The van der Waals surface area contributed by atoms with E-state index in [1.54, 1.807) is 18.2 Å². The van der Waals surface area contributed by atoms with Gasteiger partial charge in [-0.3, -0.25) is 4.79 Å². The van der Waals surface area contributed by atoms with Gasteiger partial charge in [-0.25, -0.2) is 12.7 Å². The Morgan fingerprint density at radius 2 is 1.87 bits per heavy atom. The number of carbonyl (C=O) groups excluding carboxylic acids is 1. The van der Waals surface area contributed by atoms with Gasteiger partial charge in [-0.15, -0.1) is 0 Å². The number of halogens is 2. The van der Waals surface area contributed by atoms with Gasteiger partial charge in [0.05, 0.1) is 17.7 Å². The van der Waals surface area contributed by atoms with Gasteiger partial charge in [0.25, 0.3) is 0 Å². The number of hydrogen-bond donors (Lipinski definition) is 1. The van der Waals surface area contributed by atoms with Crippen molar-refractivity contribution in [1.82, 2.24) is 9.62 Å². The van der Waals surface area contributed by atoms with Gasteiger partial charge in [-0.2, -0.15) is 0 Å². The van der Waals surface area contributed by atoms with Crippen LogP contribution < -0.4 is 5.32 Å². The van der Waals surface area contributed by atoms with Crippen LogP contribution in [-0.4, -0.2) is 31.7 Å². The normalized spacial score (nSPS) is 18.5. The van der Waals surface area contributed by atoms with E-state index in [0.29, 0.717) is 35.0 Å². The summed E-state index contributed by atoms with van der Waals surface area (Å²) in [5.74, 6) is -0.791. The third-order valence-corrected chi connectivity index (χ3v) is 8.27. The van der Waals surface area contributed by atoms with Crippen molar-refractivity contribution in [2.24, 2.45) is 5.92 Å². The third kappa shape index (κ3) is 5.80. The van der Waals surface area contributed by atoms with Gasteiger partial charge in [0.2, 0.25) is 15.9 Å². The van der Waals surface area contributed by atoms with Gasteiger partial charge >= 0.3 is 0 Å². The minimum absolute atomic E-state index is 0.122. The third-order valence-electron chi connectivity index (χ3n) is 5.79. The molecular weight excluding hydrogens is 455 g/mol. The Bertz CT molecular complexity index is 1050. The molecule has 0 spiro atoms. The van der Waals surface area contributed by atoms with Gasteiger partial charge in [0, 0.05) is 28.7 Å². The van der Waals surface area contributed by atoms with Crippen LogP contribution in [0.25, 0.3) is 0 Å². The molecule has 0 saturated carbocycles. The van der Waals surface area contributed by atoms with E-state index in [2.05, 4.69) is 11.4 Å². The van der Waals surface area contributed by atoms with E-state index >= 15 is 0 Å². The summed E-state index contributed by atoms with van der Waals surface area (Å²) in [5, 5.41) is 3.71. The second kappa shape index (κ2) is 9.90. The summed E-state index contributed by atoms with van der Waals surface area (Å²) < 4.78 is 27.4. The Hall–Kier alpha value is -1.60. The maximum Gasteiger partial charge on any atom is 0.224 e. The fourth-order valence-corrected chi connectivity index (χ4v) is 6.44. The number of amides is 1. The number of nitrogens with zero attached hydrogens (tertiary/aromatic N) is 1. The first-order valence-corrected chi connectivity index (χ1v) is 12.7. The quantitative estimate of drug-likeness (QED) is 0.627. The van der Waals surface area contributed by atoms with Gasteiger partial charge in [-0.05, 0) is 56.9 Å². The zero-order valence-corrected chi connectivity index (χ0v) is 20.3. The smallest absolute Gasteiger partial charge is 0.224 e. The highest BCUT2D eigenvalue weighted by Crippen LogP contribution is 2.29. The van der Waals surface area contributed by atoms with Gasteiger partial charge in [0.1, 0.15) is 0 Å². The summed E-state index contributed by atoms with van der Waals surface area (Å²) in [5.41, 5.74) is 3.75. The molecule has 1 aliphatic rings. The minimum Gasteiger partial charge on any atom is -0.349 e. The molecule has 2 aromatic rings. The van der Waals surface area contributed by atoms with E-state index in [9.17, 15) is 13.2 Å². The average molecular weight is 483 g/mol. The van der Waals surface area contributed by atoms with Crippen LogP contribution in [0, 0.1) is 19.8 Å². The van der Waals surface area contributed by atoms with Crippen molar-refractivity contribution in [1.29, 1.82) is 0 Å². The van der Waals surface area contributed by atoms with Crippen molar-refractivity contribution in [3.8, 4) is 0 Å². The van der Waals surface area contributed by atoms with Gasteiger partial charge < -0.3 is 5.32 Å². The number of carbonyl (C=O) groups is 1. The molecule has 1 N–H and O–H groups in total. The van der Waals surface area contributed by atoms with Crippen LogP contribution in [0.4, 0.5) is 0 Å². The van der Waals surface area contributed by atoms with Crippen LogP contribution >= 0.6 is 23.2 Å². The molecule has 3 rings (SSSR count). The van der Waals surface area contributed by atoms with Crippen LogP contribution in [0.15, 0.2) is 36.4 Å². The molecular formula is C23H28Cl2N2O3S. The Labute approximate surface area is 194 Å². The number of benzene rings is 2. The predicted octanol–water partition coefficient (Wildman–Crippen LogP) is 5.03. The molecule has 0 radical (unpaired) electrons. The fourth-order valence-electron chi connectivity index (χ4n) is 4.07. The number of aryl methyl sites for hydroxylation is 2. The first-order valence-electron chi connectivity index (χ1n) is 10.4. The zero-order valence-electron chi connectivity index (χ0n) is 18.0. The molecule has 31 heavy (non-hydrogen) atoms. The van der Waals surface area contributed by atoms with Crippen molar-refractivity contribution in [3.05, 3.63) is 68.7 Å². The van der Waals surface area contributed by atoms with E-state index < -0.39 is 15.9 Å². The Balaban J connectivity index is 1.68. The molecule has 1 heterocycles. The highest BCUT2D eigenvalue weighted by atomic mass is 35.5. The first kappa shape index (κ1) is 24.1. The molecule has 168 valence electrons. The largest absolute Gasteiger partial charge is 0.349 e. The summed E-state index contributed by atoms with van der Waals surface area (Å²) in [7, 11) is -3.66. The summed E-state index contributed by atoms with van der Waals surface area (Å²) in [6.45, 7) is 6.57. The van der Waals surface area contributed by atoms with Crippen molar-refractivity contribution in [2.75, 3.05) is 13.1 Å². The first-order chi connectivity index (χ1) is 14.6. The average Bonchev–Trinajstić information content (AvgIpc) is 2.71. The van der Waals surface area contributed by atoms with E-state index in [-0.39, 0.29) is 24.2 Å². The molecule has 2 atom stereocenters. The lowest BCUT2D eigenvalue weighted by molar-refractivity contribution is -0.126. The summed E-state index contributed by atoms with van der Waals surface area (Å²) in [4.78, 5) is 12.9. The van der Waals surface area contributed by atoms with E-state index in [1.807, 2.05) is 32.9 Å². The molecule has 1 fully saturated rings. The molecule has 0 aliphatic carbocycles. The lowest BCUT2D eigenvalue weighted by Crippen LogP contribution is -2.46. The highest BCUT2D eigenvalue weighted by molar-refractivity contribution is 7.88. The van der Waals surface area contributed by atoms with Crippen LogP contribution in [0.1, 0.15) is 48.1 Å². The number of nitrogens with one attached hydrogen (secondary N) is 1. The molecule has 2 aromatic carbocycles. The monoisotopic (exact) mass is 482 g/mol. The van der Waals surface area contributed by atoms with Crippen LogP contribution in [0.5, 0.6) is 0 Å². The molecule has 5 nitrogen and oxygen atoms in total. The summed E-state index contributed by atoms with van der Waals surface area (Å²) in [6.07, 6.45) is 1.29. The van der Waals surface area contributed by atoms with Crippen molar-refractivity contribution in [3.63, 3.8) is 0 Å². The molecule has 0 aromatic heterocycles. The van der Waals surface area contributed by atoms with Crippen molar-refractivity contribution in [2.45, 2.75) is 45.4 Å². The van der Waals surface area contributed by atoms with E-state index in [4.69, 9.17) is 23.2 Å². The molecule has 8 heteroatoms. The lowest BCUT2D eigenvalue weighted by Gasteiger charge is -2.32. The number of hydrogen-bond acceptors (Lipinski definition) is 3. The molecule has 1 aliphatic heterocycles. The Morgan fingerprint density at radius 3 is 2.52 bits per heavy atom. The maximum atomic E-state index is 13.0. The lowest BCUT2D eigenvalue weighted by atomic mass is 9.96. The topological polar surface area (TPSA) is 66.5 Å². The molecule has 1 amide bonds. The standard InChI is InChI=1S/C23H28Cl2N2O3S/c1-15-9-10-19(16(2)12-15)17(3)26-23(28)18-6-5-11-27(13-18)31(29,30)14-20-21(24)7-4-8-22(20)25/h4,7-10,12,17-18H,5-6,11,13-14H2,1-3H3,(H,26,28)/t17-,18-/m0/s1. The van der Waals surface area contributed by atoms with Crippen molar-refractivity contribution < 1.29 is 13.2 Å². The molecule has 0 unspecified atom stereocenters. The maximum absolute atomic E-state index is 13.0. The Kier molecular flexibility index (Phi) is 7.68. The zero-order chi connectivity index (χ0) is 22.8. The predicted molar refractivity (Wildman–Crippen MR) is 126 cm³/mol.